The summed E-state index contributed by atoms with van der Waals surface area (Å²) in [7, 11) is 0. The number of amides is 2. The Bertz CT molecular complexity index is 762. The van der Waals surface area contributed by atoms with Crippen LogP contribution in [0.15, 0.2) is 42.5 Å². The number of carbonyl (C=O) groups excluding carboxylic acids is 2. The Morgan fingerprint density at radius 3 is 2.50 bits per heavy atom. The Hall–Kier alpha value is -2.16. The molecule has 1 aliphatic carbocycles. The summed E-state index contributed by atoms with van der Waals surface area (Å²) in [5.74, 6) is 0.305. The lowest BCUT2D eigenvalue weighted by Gasteiger charge is -2.25. The first kappa shape index (κ1) is 13.5. The minimum Gasteiger partial charge on any atom is -0.274 e. The minimum atomic E-state index is -0.116. The molecular weight excluding hydrogens is 274 g/mol. The summed E-state index contributed by atoms with van der Waals surface area (Å²) in [4.78, 5) is 27.1. The van der Waals surface area contributed by atoms with E-state index in [0.717, 1.165) is 35.7 Å². The van der Waals surface area contributed by atoms with Crippen molar-refractivity contribution < 1.29 is 9.59 Å². The van der Waals surface area contributed by atoms with Gasteiger partial charge in [-0.1, -0.05) is 43.3 Å². The first-order valence-electron chi connectivity index (χ1n) is 8.02. The van der Waals surface area contributed by atoms with Crippen LogP contribution in [-0.4, -0.2) is 11.8 Å². The van der Waals surface area contributed by atoms with Crippen LogP contribution in [0.1, 0.15) is 26.2 Å². The third kappa shape index (κ3) is 1.88. The number of fused-ring (bicyclic) bond motifs is 2. The normalized spacial score (nSPS) is 28.2. The largest absolute Gasteiger partial charge is 0.274 e. The van der Waals surface area contributed by atoms with Crippen molar-refractivity contribution >= 4 is 28.3 Å². The SMILES string of the molecule is CC1CCC2C(=O)N(c3cccc4ccccc34)C(=O)C2C1. The molecule has 4 rings (SSSR count). The van der Waals surface area contributed by atoms with Crippen molar-refractivity contribution in [1.29, 1.82) is 0 Å². The molecular formula is C19H19NO2. The summed E-state index contributed by atoms with van der Waals surface area (Å²) < 4.78 is 0. The number of imide groups is 1. The minimum absolute atomic E-state index is 0.00162. The molecule has 1 heterocycles. The van der Waals surface area contributed by atoms with Crippen molar-refractivity contribution in [1.82, 2.24) is 0 Å². The molecule has 0 N–H and O–H groups in total. The van der Waals surface area contributed by atoms with E-state index in [1.54, 1.807) is 0 Å². The van der Waals surface area contributed by atoms with Crippen LogP contribution in [-0.2, 0) is 9.59 Å². The number of hydrogen-bond donors (Lipinski definition) is 0. The Morgan fingerprint density at radius 2 is 1.64 bits per heavy atom. The lowest BCUT2D eigenvalue weighted by Crippen LogP contribution is -2.31. The van der Waals surface area contributed by atoms with Gasteiger partial charge in [-0.05, 0) is 36.6 Å². The van der Waals surface area contributed by atoms with Crippen LogP contribution < -0.4 is 4.90 Å². The van der Waals surface area contributed by atoms with Gasteiger partial charge in [0.1, 0.15) is 0 Å². The predicted molar refractivity (Wildman–Crippen MR) is 86.4 cm³/mol. The zero-order valence-corrected chi connectivity index (χ0v) is 12.7. The van der Waals surface area contributed by atoms with Crippen molar-refractivity contribution in [3.63, 3.8) is 0 Å². The van der Waals surface area contributed by atoms with E-state index in [0.29, 0.717) is 5.92 Å². The molecule has 0 aromatic heterocycles. The summed E-state index contributed by atoms with van der Waals surface area (Å²) in [6.45, 7) is 2.18. The van der Waals surface area contributed by atoms with Crippen LogP contribution in [0, 0.1) is 17.8 Å². The lowest BCUT2D eigenvalue weighted by atomic mass is 9.76. The third-order valence-electron chi connectivity index (χ3n) is 5.20. The molecule has 1 aliphatic heterocycles. The molecule has 1 saturated heterocycles. The van der Waals surface area contributed by atoms with Crippen LogP contribution in [0.4, 0.5) is 5.69 Å². The van der Waals surface area contributed by atoms with E-state index < -0.39 is 0 Å². The monoisotopic (exact) mass is 293 g/mol. The van der Waals surface area contributed by atoms with Crippen molar-refractivity contribution in [2.24, 2.45) is 17.8 Å². The van der Waals surface area contributed by atoms with E-state index in [-0.39, 0.29) is 23.7 Å². The zero-order valence-electron chi connectivity index (χ0n) is 12.7. The van der Waals surface area contributed by atoms with Crippen LogP contribution in [0.5, 0.6) is 0 Å². The topological polar surface area (TPSA) is 37.4 Å². The molecule has 3 atom stereocenters. The van der Waals surface area contributed by atoms with E-state index >= 15 is 0 Å². The number of rotatable bonds is 1. The van der Waals surface area contributed by atoms with Gasteiger partial charge in [-0.3, -0.25) is 9.59 Å². The van der Waals surface area contributed by atoms with Crippen molar-refractivity contribution in [2.75, 3.05) is 4.90 Å². The standard InChI is InChI=1S/C19H19NO2/c1-12-9-10-15-16(11-12)19(22)20(18(15)21)17-8-4-6-13-5-2-3-7-14(13)17/h2-8,12,15-16H,9-11H2,1H3. The zero-order chi connectivity index (χ0) is 15.3. The summed E-state index contributed by atoms with van der Waals surface area (Å²) in [6.07, 6.45) is 2.73. The summed E-state index contributed by atoms with van der Waals surface area (Å²) in [6, 6.07) is 13.7. The predicted octanol–water partition coefficient (Wildman–Crippen LogP) is 3.77. The van der Waals surface area contributed by atoms with Crippen molar-refractivity contribution in [3.05, 3.63) is 42.5 Å². The van der Waals surface area contributed by atoms with Gasteiger partial charge in [0.15, 0.2) is 0 Å². The maximum atomic E-state index is 12.8. The van der Waals surface area contributed by atoms with Gasteiger partial charge in [-0.25, -0.2) is 4.90 Å². The van der Waals surface area contributed by atoms with Gasteiger partial charge in [-0.2, -0.15) is 0 Å². The second kappa shape index (κ2) is 4.94. The van der Waals surface area contributed by atoms with Crippen LogP contribution in [0.25, 0.3) is 10.8 Å². The second-order valence-electron chi connectivity index (χ2n) is 6.64. The molecule has 22 heavy (non-hydrogen) atoms. The van der Waals surface area contributed by atoms with Gasteiger partial charge in [0.05, 0.1) is 17.5 Å². The number of hydrogen-bond acceptors (Lipinski definition) is 2. The highest BCUT2D eigenvalue weighted by Crippen LogP contribution is 2.43. The highest BCUT2D eigenvalue weighted by molar-refractivity contribution is 6.24. The maximum absolute atomic E-state index is 12.8. The number of benzene rings is 2. The number of anilines is 1. The van der Waals surface area contributed by atoms with Gasteiger partial charge in [-0.15, -0.1) is 0 Å². The molecule has 2 aliphatic rings. The van der Waals surface area contributed by atoms with Gasteiger partial charge in [0, 0.05) is 5.39 Å². The lowest BCUT2D eigenvalue weighted by molar-refractivity contribution is -0.122. The van der Waals surface area contributed by atoms with Crippen molar-refractivity contribution in [2.45, 2.75) is 26.2 Å². The first-order chi connectivity index (χ1) is 10.7. The van der Waals surface area contributed by atoms with E-state index in [9.17, 15) is 9.59 Å². The van der Waals surface area contributed by atoms with E-state index in [4.69, 9.17) is 0 Å². The smallest absolute Gasteiger partial charge is 0.237 e. The summed E-state index contributed by atoms with van der Waals surface area (Å²) >= 11 is 0. The number of nitrogens with zero attached hydrogens (tertiary/aromatic N) is 1. The average Bonchev–Trinajstić information content (AvgIpc) is 2.78. The highest BCUT2D eigenvalue weighted by atomic mass is 16.2. The molecule has 2 amide bonds. The molecule has 3 unspecified atom stereocenters. The van der Waals surface area contributed by atoms with Gasteiger partial charge in [0.25, 0.3) is 0 Å². The average molecular weight is 293 g/mol. The molecule has 112 valence electrons. The quantitative estimate of drug-likeness (QED) is 0.751. The van der Waals surface area contributed by atoms with Crippen molar-refractivity contribution in [3.8, 4) is 0 Å². The fraction of sp³-hybridized carbons (Fsp3) is 0.368. The van der Waals surface area contributed by atoms with E-state index in [1.807, 2.05) is 42.5 Å². The first-order valence-corrected chi connectivity index (χ1v) is 8.02. The molecule has 0 spiro atoms. The van der Waals surface area contributed by atoms with Gasteiger partial charge in [0.2, 0.25) is 11.8 Å². The Kier molecular flexibility index (Phi) is 3.03. The number of carbonyl (C=O) groups is 2. The second-order valence-corrected chi connectivity index (χ2v) is 6.64. The third-order valence-corrected chi connectivity index (χ3v) is 5.20. The van der Waals surface area contributed by atoms with Crippen LogP contribution >= 0.6 is 0 Å². The van der Waals surface area contributed by atoms with E-state index in [2.05, 4.69) is 6.92 Å². The maximum Gasteiger partial charge on any atom is 0.237 e. The van der Waals surface area contributed by atoms with Gasteiger partial charge >= 0.3 is 0 Å². The summed E-state index contributed by atoms with van der Waals surface area (Å²) in [5, 5.41) is 2.03. The molecule has 0 radical (unpaired) electrons. The fourth-order valence-electron chi connectivity index (χ4n) is 4.03. The van der Waals surface area contributed by atoms with Gasteiger partial charge < -0.3 is 0 Å². The van der Waals surface area contributed by atoms with Crippen LogP contribution in [0.2, 0.25) is 0 Å². The van der Waals surface area contributed by atoms with E-state index in [1.165, 1.54) is 4.90 Å². The molecule has 0 bridgehead atoms. The van der Waals surface area contributed by atoms with Crippen LogP contribution in [0.3, 0.4) is 0 Å². The molecule has 1 saturated carbocycles. The Morgan fingerprint density at radius 1 is 0.909 bits per heavy atom. The molecule has 2 aromatic carbocycles. The fourth-order valence-corrected chi connectivity index (χ4v) is 4.03. The molecule has 3 heteroatoms. The molecule has 3 nitrogen and oxygen atoms in total. The molecule has 2 fully saturated rings. The Balaban J connectivity index is 1.82. The summed E-state index contributed by atoms with van der Waals surface area (Å²) in [5.41, 5.74) is 0.746. The Labute approximate surface area is 129 Å². The molecule has 2 aromatic rings. The highest BCUT2D eigenvalue weighted by Gasteiger charge is 2.50.